The zero-order valence-electron chi connectivity index (χ0n) is 12.4. The highest BCUT2D eigenvalue weighted by atomic mass is 16.4. The number of carboxylic acids is 1. The van der Waals surface area contributed by atoms with Crippen molar-refractivity contribution in [2.75, 3.05) is 13.6 Å². The SMILES string of the molecule is CN(C(=O)N(CC(=O)O)C1CCCC1)C1CCCCC1. The van der Waals surface area contributed by atoms with E-state index >= 15 is 0 Å². The number of urea groups is 1. The van der Waals surface area contributed by atoms with Crippen molar-refractivity contribution in [3.63, 3.8) is 0 Å². The molecule has 1 N–H and O–H groups in total. The van der Waals surface area contributed by atoms with Gasteiger partial charge in [-0.05, 0) is 25.7 Å². The Kier molecular flexibility index (Phi) is 5.26. The third-order valence-electron chi connectivity index (χ3n) is 4.74. The van der Waals surface area contributed by atoms with Crippen LogP contribution in [-0.2, 0) is 4.79 Å². The van der Waals surface area contributed by atoms with Gasteiger partial charge in [0.15, 0.2) is 0 Å². The molecule has 0 aromatic heterocycles. The molecular formula is C15H26N2O3. The van der Waals surface area contributed by atoms with Crippen LogP contribution in [-0.4, -0.2) is 52.6 Å². The van der Waals surface area contributed by atoms with E-state index in [0.717, 1.165) is 38.5 Å². The number of carboxylic acid groups (broad SMARTS) is 1. The minimum atomic E-state index is -0.915. The van der Waals surface area contributed by atoms with Gasteiger partial charge in [-0.2, -0.15) is 0 Å². The average Bonchev–Trinajstić information content (AvgIpc) is 2.98. The maximum atomic E-state index is 12.7. The Labute approximate surface area is 120 Å². The average molecular weight is 282 g/mol. The van der Waals surface area contributed by atoms with Gasteiger partial charge >= 0.3 is 12.0 Å². The monoisotopic (exact) mass is 282 g/mol. The van der Waals surface area contributed by atoms with Crippen molar-refractivity contribution >= 4 is 12.0 Å². The van der Waals surface area contributed by atoms with Crippen molar-refractivity contribution in [2.24, 2.45) is 0 Å². The minimum absolute atomic E-state index is 0.0915. The quantitative estimate of drug-likeness (QED) is 0.862. The summed E-state index contributed by atoms with van der Waals surface area (Å²) >= 11 is 0. The molecule has 5 heteroatoms. The van der Waals surface area contributed by atoms with Crippen LogP contribution in [0.2, 0.25) is 0 Å². The van der Waals surface area contributed by atoms with Crippen molar-refractivity contribution in [1.82, 2.24) is 9.80 Å². The van der Waals surface area contributed by atoms with Crippen molar-refractivity contribution < 1.29 is 14.7 Å². The Balaban J connectivity index is 2.01. The number of hydrogen-bond acceptors (Lipinski definition) is 2. The van der Waals surface area contributed by atoms with Crippen molar-refractivity contribution in [3.8, 4) is 0 Å². The van der Waals surface area contributed by atoms with E-state index in [1.807, 2.05) is 7.05 Å². The molecule has 0 aliphatic heterocycles. The van der Waals surface area contributed by atoms with Gasteiger partial charge in [0.1, 0.15) is 6.54 Å². The predicted molar refractivity (Wildman–Crippen MR) is 76.6 cm³/mol. The topological polar surface area (TPSA) is 60.9 Å². The summed E-state index contributed by atoms with van der Waals surface area (Å²) in [6.07, 6.45) is 9.77. The second-order valence-electron chi connectivity index (χ2n) is 6.15. The fraction of sp³-hybridized carbons (Fsp3) is 0.867. The van der Waals surface area contributed by atoms with Crippen LogP contribution >= 0.6 is 0 Å². The standard InChI is InChI=1S/C15H26N2O3/c1-16(12-7-3-2-4-8-12)15(20)17(11-14(18)19)13-9-5-6-10-13/h12-13H,2-11H2,1H3,(H,18,19). The number of nitrogens with zero attached hydrogens (tertiary/aromatic N) is 2. The number of aliphatic carboxylic acids is 1. The van der Waals surface area contributed by atoms with Crippen molar-refractivity contribution in [2.45, 2.75) is 69.9 Å². The molecule has 0 radical (unpaired) electrons. The summed E-state index contributed by atoms with van der Waals surface area (Å²) in [6.45, 7) is -0.166. The Morgan fingerprint density at radius 3 is 2.00 bits per heavy atom. The highest BCUT2D eigenvalue weighted by Crippen LogP contribution is 2.27. The van der Waals surface area contributed by atoms with Gasteiger partial charge in [0.2, 0.25) is 0 Å². The molecule has 2 fully saturated rings. The van der Waals surface area contributed by atoms with Gasteiger partial charge in [-0.3, -0.25) is 4.79 Å². The molecule has 2 amide bonds. The van der Waals surface area contributed by atoms with Crippen LogP contribution in [0.3, 0.4) is 0 Å². The van der Waals surface area contributed by atoms with Crippen LogP contribution in [0.1, 0.15) is 57.8 Å². The van der Waals surface area contributed by atoms with Crippen LogP contribution in [0, 0.1) is 0 Å². The molecule has 0 bridgehead atoms. The highest BCUT2D eigenvalue weighted by Gasteiger charge is 2.32. The van der Waals surface area contributed by atoms with E-state index in [1.165, 1.54) is 19.3 Å². The molecule has 0 heterocycles. The van der Waals surface area contributed by atoms with Crippen LogP contribution in [0.5, 0.6) is 0 Å². The van der Waals surface area contributed by atoms with E-state index in [1.54, 1.807) is 9.80 Å². The van der Waals surface area contributed by atoms with Gasteiger partial charge in [-0.15, -0.1) is 0 Å². The molecule has 0 unspecified atom stereocenters. The zero-order valence-corrected chi connectivity index (χ0v) is 12.4. The lowest BCUT2D eigenvalue weighted by molar-refractivity contribution is -0.138. The smallest absolute Gasteiger partial charge is 0.323 e. The summed E-state index contributed by atoms with van der Waals surface area (Å²) < 4.78 is 0. The van der Waals surface area contributed by atoms with Crippen LogP contribution in [0.25, 0.3) is 0 Å². The first-order valence-electron chi connectivity index (χ1n) is 7.85. The van der Waals surface area contributed by atoms with Gasteiger partial charge in [0, 0.05) is 19.1 Å². The summed E-state index contributed by atoms with van der Waals surface area (Å²) in [4.78, 5) is 27.1. The first-order chi connectivity index (χ1) is 9.59. The second kappa shape index (κ2) is 6.95. The minimum Gasteiger partial charge on any atom is -0.480 e. The molecule has 20 heavy (non-hydrogen) atoms. The van der Waals surface area contributed by atoms with E-state index < -0.39 is 5.97 Å². The van der Waals surface area contributed by atoms with Gasteiger partial charge in [-0.1, -0.05) is 32.1 Å². The highest BCUT2D eigenvalue weighted by molar-refractivity contribution is 5.80. The fourth-order valence-electron chi connectivity index (χ4n) is 3.54. The maximum absolute atomic E-state index is 12.7. The molecular weight excluding hydrogens is 256 g/mol. The van der Waals surface area contributed by atoms with Gasteiger partial charge < -0.3 is 14.9 Å². The van der Waals surface area contributed by atoms with Crippen molar-refractivity contribution in [3.05, 3.63) is 0 Å². The largest absolute Gasteiger partial charge is 0.480 e. The lowest BCUT2D eigenvalue weighted by Crippen LogP contribution is -2.51. The second-order valence-corrected chi connectivity index (χ2v) is 6.15. The zero-order chi connectivity index (χ0) is 14.5. The summed E-state index contributed by atoms with van der Waals surface area (Å²) in [5, 5.41) is 9.07. The van der Waals surface area contributed by atoms with Crippen LogP contribution in [0.15, 0.2) is 0 Å². The Morgan fingerprint density at radius 1 is 0.950 bits per heavy atom. The third-order valence-corrected chi connectivity index (χ3v) is 4.74. The number of hydrogen-bond donors (Lipinski definition) is 1. The van der Waals surface area contributed by atoms with Crippen LogP contribution in [0.4, 0.5) is 4.79 Å². The summed E-state index contributed by atoms with van der Waals surface area (Å²) in [5.74, 6) is -0.915. The third kappa shape index (κ3) is 3.64. The molecule has 2 saturated carbocycles. The van der Waals surface area contributed by atoms with E-state index in [0.29, 0.717) is 0 Å². The maximum Gasteiger partial charge on any atom is 0.323 e. The first-order valence-corrected chi connectivity index (χ1v) is 7.85. The molecule has 0 spiro atoms. The normalized spacial score (nSPS) is 20.9. The van der Waals surface area contributed by atoms with Gasteiger partial charge in [-0.25, -0.2) is 4.79 Å². The molecule has 114 valence electrons. The lowest BCUT2D eigenvalue weighted by atomic mass is 9.94. The van der Waals surface area contributed by atoms with Gasteiger partial charge in [0.25, 0.3) is 0 Å². The molecule has 0 aromatic rings. The fourth-order valence-corrected chi connectivity index (χ4v) is 3.54. The molecule has 0 aromatic carbocycles. The number of carbonyl (C=O) groups excluding carboxylic acids is 1. The summed E-state index contributed by atoms with van der Waals surface area (Å²) in [7, 11) is 1.84. The van der Waals surface area contributed by atoms with Crippen molar-refractivity contribution in [1.29, 1.82) is 0 Å². The Hall–Kier alpha value is -1.26. The number of carbonyl (C=O) groups is 2. The first kappa shape index (κ1) is 15.1. The number of rotatable bonds is 4. The van der Waals surface area contributed by atoms with E-state index in [2.05, 4.69) is 0 Å². The molecule has 0 atom stereocenters. The summed E-state index contributed by atoms with van der Waals surface area (Å²) in [6, 6.07) is 0.310. The molecule has 0 saturated heterocycles. The van der Waals surface area contributed by atoms with Crippen LogP contribution < -0.4 is 0 Å². The van der Waals surface area contributed by atoms with E-state index in [9.17, 15) is 9.59 Å². The lowest BCUT2D eigenvalue weighted by Gasteiger charge is -2.37. The van der Waals surface area contributed by atoms with Gasteiger partial charge in [0.05, 0.1) is 0 Å². The van der Waals surface area contributed by atoms with E-state index in [-0.39, 0.29) is 24.7 Å². The molecule has 2 aliphatic rings. The predicted octanol–water partition coefficient (Wildman–Crippen LogP) is 2.70. The molecule has 2 rings (SSSR count). The Bertz CT molecular complexity index is 347. The number of amides is 2. The summed E-state index contributed by atoms with van der Waals surface area (Å²) in [5.41, 5.74) is 0. The molecule has 2 aliphatic carbocycles. The van der Waals surface area contributed by atoms with E-state index in [4.69, 9.17) is 5.11 Å². The molecule has 5 nitrogen and oxygen atoms in total. The Morgan fingerprint density at radius 2 is 1.45 bits per heavy atom.